The van der Waals surface area contributed by atoms with Crippen LogP contribution < -0.4 is 5.32 Å². The number of amides is 2. The fourth-order valence-electron chi connectivity index (χ4n) is 3.12. The Labute approximate surface area is 135 Å². The zero-order valence-electron chi connectivity index (χ0n) is 13.7. The molecule has 3 N–H and O–H groups in total. The van der Waals surface area contributed by atoms with Gasteiger partial charge in [0.2, 0.25) is 0 Å². The molecule has 1 unspecified atom stereocenters. The Morgan fingerprint density at radius 2 is 2.30 bits per heavy atom. The zero-order chi connectivity index (χ0) is 16.4. The Kier molecular flexibility index (Phi) is 4.52. The first-order chi connectivity index (χ1) is 11.1. The van der Waals surface area contributed by atoms with E-state index in [0.29, 0.717) is 13.1 Å². The number of aliphatic hydroxyl groups is 1. The van der Waals surface area contributed by atoms with Crippen LogP contribution in [0.2, 0.25) is 0 Å². The van der Waals surface area contributed by atoms with Crippen molar-refractivity contribution < 1.29 is 9.90 Å². The van der Waals surface area contributed by atoms with Crippen LogP contribution in [0.1, 0.15) is 29.8 Å². The Morgan fingerprint density at radius 3 is 3.09 bits per heavy atom. The number of rotatable bonds is 3. The molecular formula is C17H24N4O2. The summed E-state index contributed by atoms with van der Waals surface area (Å²) in [7, 11) is 0. The average molecular weight is 316 g/mol. The third kappa shape index (κ3) is 3.32. The van der Waals surface area contributed by atoms with E-state index in [-0.39, 0.29) is 18.6 Å². The number of urea groups is 1. The molecule has 1 aliphatic rings. The van der Waals surface area contributed by atoms with Crippen LogP contribution in [0.3, 0.4) is 0 Å². The maximum absolute atomic E-state index is 12.3. The number of piperidine rings is 1. The summed E-state index contributed by atoms with van der Waals surface area (Å²) in [6.45, 7) is 6.03. The molecule has 1 aromatic carbocycles. The number of nitrogens with zero attached hydrogens (tertiary/aromatic N) is 2. The number of hydrogen-bond acceptors (Lipinski definition) is 3. The number of carbonyl (C=O) groups is 1. The average Bonchev–Trinajstić information content (AvgIpc) is 3.00. The molecule has 2 amide bonds. The Balaban J connectivity index is 1.64. The summed E-state index contributed by atoms with van der Waals surface area (Å²) < 4.78 is 0. The highest BCUT2D eigenvalue weighted by Gasteiger charge is 2.23. The zero-order valence-corrected chi connectivity index (χ0v) is 13.7. The van der Waals surface area contributed by atoms with Crippen LogP contribution >= 0.6 is 0 Å². The van der Waals surface area contributed by atoms with Crippen molar-refractivity contribution in [3.8, 4) is 0 Å². The van der Waals surface area contributed by atoms with E-state index >= 15 is 0 Å². The summed E-state index contributed by atoms with van der Waals surface area (Å²) >= 11 is 0. The number of nitrogens with one attached hydrogen (secondary N) is 2. The van der Waals surface area contributed by atoms with Crippen molar-refractivity contribution in [2.45, 2.75) is 33.2 Å². The predicted molar refractivity (Wildman–Crippen MR) is 89.2 cm³/mol. The summed E-state index contributed by atoms with van der Waals surface area (Å²) in [6.07, 6.45) is 1.93. The van der Waals surface area contributed by atoms with Gasteiger partial charge in [-0.05, 0) is 49.8 Å². The topological polar surface area (TPSA) is 81.2 Å². The van der Waals surface area contributed by atoms with Crippen LogP contribution in [-0.4, -0.2) is 45.7 Å². The summed E-state index contributed by atoms with van der Waals surface area (Å²) in [5.41, 5.74) is 4.34. The van der Waals surface area contributed by atoms with E-state index in [1.165, 1.54) is 5.56 Å². The van der Waals surface area contributed by atoms with Gasteiger partial charge in [0.25, 0.3) is 0 Å². The van der Waals surface area contributed by atoms with Crippen LogP contribution in [-0.2, 0) is 6.54 Å². The molecule has 2 aromatic rings. The molecule has 0 spiro atoms. The van der Waals surface area contributed by atoms with Crippen molar-refractivity contribution in [2.75, 3.05) is 19.7 Å². The number of aryl methyl sites for hydroxylation is 2. The molecule has 1 fully saturated rings. The molecule has 124 valence electrons. The largest absolute Gasteiger partial charge is 0.396 e. The third-order valence-electron chi connectivity index (χ3n) is 4.70. The van der Waals surface area contributed by atoms with Gasteiger partial charge in [0, 0.05) is 19.7 Å². The number of H-pyrrole nitrogens is 1. The quantitative estimate of drug-likeness (QED) is 0.811. The number of imidazole rings is 1. The van der Waals surface area contributed by atoms with Gasteiger partial charge in [-0.1, -0.05) is 6.07 Å². The standard InChI is InChI=1S/C17H24N4O2/c1-11-5-6-14-16(12(11)2)20-15(19-14)8-18-17(23)21-7-3-4-13(9-21)10-22/h5-6,13,22H,3-4,7-10H2,1-2H3,(H,18,23)(H,19,20). The van der Waals surface area contributed by atoms with Gasteiger partial charge in [-0.15, -0.1) is 0 Å². The molecule has 1 aromatic heterocycles. The molecule has 1 aliphatic heterocycles. The smallest absolute Gasteiger partial charge is 0.317 e. The maximum atomic E-state index is 12.3. The maximum Gasteiger partial charge on any atom is 0.317 e. The van der Waals surface area contributed by atoms with E-state index in [2.05, 4.69) is 35.2 Å². The lowest BCUT2D eigenvalue weighted by Gasteiger charge is -2.31. The molecular weight excluding hydrogens is 292 g/mol. The Hall–Kier alpha value is -2.08. The summed E-state index contributed by atoms with van der Waals surface area (Å²) in [6, 6.07) is 4.00. The molecule has 23 heavy (non-hydrogen) atoms. The lowest BCUT2D eigenvalue weighted by atomic mass is 9.99. The van der Waals surface area contributed by atoms with E-state index in [4.69, 9.17) is 0 Å². The molecule has 1 saturated heterocycles. The van der Waals surface area contributed by atoms with Crippen LogP contribution in [0.4, 0.5) is 4.79 Å². The van der Waals surface area contributed by atoms with Gasteiger partial charge < -0.3 is 20.3 Å². The normalized spacial score (nSPS) is 18.4. The monoisotopic (exact) mass is 316 g/mol. The van der Waals surface area contributed by atoms with Gasteiger partial charge in [-0.2, -0.15) is 0 Å². The number of benzene rings is 1. The van der Waals surface area contributed by atoms with Crippen molar-refractivity contribution >= 4 is 17.1 Å². The van der Waals surface area contributed by atoms with Gasteiger partial charge in [-0.25, -0.2) is 9.78 Å². The second-order valence-corrected chi connectivity index (χ2v) is 6.38. The van der Waals surface area contributed by atoms with Crippen molar-refractivity contribution in [1.82, 2.24) is 20.2 Å². The van der Waals surface area contributed by atoms with Crippen molar-refractivity contribution in [1.29, 1.82) is 0 Å². The fourth-order valence-corrected chi connectivity index (χ4v) is 3.12. The summed E-state index contributed by atoms with van der Waals surface area (Å²) in [4.78, 5) is 21.9. The first-order valence-electron chi connectivity index (χ1n) is 8.17. The molecule has 0 saturated carbocycles. The fraction of sp³-hybridized carbons (Fsp3) is 0.529. The Bertz CT molecular complexity index is 710. The van der Waals surface area contributed by atoms with E-state index in [1.807, 2.05) is 6.07 Å². The van der Waals surface area contributed by atoms with E-state index < -0.39 is 0 Å². The molecule has 2 heterocycles. The van der Waals surface area contributed by atoms with Crippen molar-refractivity contribution in [2.24, 2.45) is 5.92 Å². The predicted octanol–water partition coefficient (Wildman–Crippen LogP) is 2.09. The van der Waals surface area contributed by atoms with Gasteiger partial charge in [0.05, 0.1) is 17.6 Å². The Morgan fingerprint density at radius 1 is 1.48 bits per heavy atom. The van der Waals surface area contributed by atoms with E-state index in [9.17, 15) is 9.90 Å². The van der Waals surface area contributed by atoms with Gasteiger partial charge in [-0.3, -0.25) is 0 Å². The lowest BCUT2D eigenvalue weighted by molar-refractivity contribution is 0.129. The minimum atomic E-state index is -0.0866. The highest BCUT2D eigenvalue weighted by atomic mass is 16.3. The second-order valence-electron chi connectivity index (χ2n) is 6.38. The van der Waals surface area contributed by atoms with E-state index in [0.717, 1.165) is 41.8 Å². The molecule has 6 heteroatoms. The van der Waals surface area contributed by atoms with Crippen LogP contribution in [0.25, 0.3) is 11.0 Å². The van der Waals surface area contributed by atoms with Gasteiger partial charge in [0.1, 0.15) is 5.82 Å². The number of aromatic nitrogens is 2. The third-order valence-corrected chi connectivity index (χ3v) is 4.70. The molecule has 0 radical (unpaired) electrons. The molecule has 0 aliphatic carbocycles. The second kappa shape index (κ2) is 6.58. The van der Waals surface area contributed by atoms with Crippen LogP contribution in [0.5, 0.6) is 0 Å². The van der Waals surface area contributed by atoms with Crippen LogP contribution in [0.15, 0.2) is 12.1 Å². The number of aromatic amines is 1. The SMILES string of the molecule is Cc1ccc2[nH]c(CNC(=O)N3CCCC(CO)C3)nc2c1C. The van der Waals surface area contributed by atoms with Crippen molar-refractivity contribution in [3.05, 3.63) is 29.1 Å². The van der Waals surface area contributed by atoms with Gasteiger partial charge in [0.15, 0.2) is 0 Å². The minimum absolute atomic E-state index is 0.0866. The number of aliphatic hydroxyl groups excluding tert-OH is 1. The molecule has 0 bridgehead atoms. The lowest BCUT2D eigenvalue weighted by Crippen LogP contribution is -2.46. The number of likely N-dealkylation sites (tertiary alicyclic amines) is 1. The van der Waals surface area contributed by atoms with Crippen molar-refractivity contribution in [3.63, 3.8) is 0 Å². The highest BCUT2D eigenvalue weighted by molar-refractivity contribution is 5.80. The van der Waals surface area contributed by atoms with Gasteiger partial charge >= 0.3 is 6.03 Å². The first-order valence-corrected chi connectivity index (χ1v) is 8.17. The number of carbonyl (C=O) groups excluding carboxylic acids is 1. The first kappa shape index (κ1) is 15.8. The van der Waals surface area contributed by atoms with E-state index in [1.54, 1.807) is 4.90 Å². The molecule has 1 atom stereocenters. The number of hydrogen-bond donors (Lipinski definition) is 3. The number of fused-ring (bicyclic) bond motifs is 1. The summed E-state index contributed by atoms with van der Waals surface area (Å²) in [5.74, 6) is 0.962. The van der Waals surface area contributed by atoms with Crippen LogP contribution in [0, 0.1) is 19.8 Å². The molecule has 6 nitrogen and oxygen atoms in total. The molecule has 3 rings (SSSR count). The highest BCUT2D eigenvalue weighted by Crippen LogP contribution is 2.19. The summed E-state index contributed by atoms with van der Waals surface area (Å²) in [5, 5.41) is 12.2. The minimum Gasteiger partial charge on any atom is -0.396 e.